The monoisotopic (exact) mass is 371 g/mol. The summed E-state index contributed by atoms with van der Waals surface area (Å²) in [5, 5.41) is 6.78. The number of nitrogens with one attached hydrogen (secondary N) is 2. The van der Waals surface area contributed by atoms with Crippen molar-refractivity contribution in [3.8, 4) is 0 Å². The summed E-state index contributed by atoms with van der Waals surface area (Å²) in [4.78, 5) is 20.5. The number of amides is 1. The van der Waals surface area contributed by atoms with Gasteiger partial charge >= 0.3 is 0 Å². The standard InChI is InChI=1S/C21H33N5O/c1-22-21(23-11-15-25-12-3-2-4-13-25)24-16-18-7-9-19(10-8-18)17-26-14-5-6-20(26)27/h7-10H,2-6,11-17H2,1H3,(H2,22,23,24). The van der Waals surface area contributed by atoms with Gasteiger partial charge < -0.3 is 20.4 Å². The third kappa shape index (κ3) is 6.24. The lowest BCUT2D eigenvalue weighted by molar-refractivity contribution is -0.128. The van der Waals surface area contributed by atoms with Crippen LogP contribution in [0, 0.1) is 0 Å². The van der Waals surface area contributed by atoms with Gasteiger partial charge in [0.1, 0.15) is 0 Å². The Hall–Kier alpha value is -2.08. The lowest BCUT2D eigenvalue weighted by atomic mass is 10.1. The van der Waals surface area contributed by atoms with Gasteiger partial charge in [0.05, 0.1) is 0 Å². The van der Waals surface area contributed by atoms with Crippen LogP contribution in [-0.4, -0.2) is 61.4 Å². The van der Waals surface area contributed by atoms with Crippen molar-refractivity contribution in [1.29, 1.82) is 0 Å². The number of carbonyl (C=O) groups excluding carboxylic acids is 1. The van der Waals surface area contributed by atoms with Crippen molar-refractivity contribution >= 4 is 11.9 Å². The number of piperidine rings is 1. The summed E-state index contributed by atoms with van der Waals surface area (Å²) < 4.78 is 0. The van der Waals surface area contributed by atoms with Crippen LogP contribution in [0.2, 0.25) is 0 Å². The molecule has 0 bridgehead atoms. The maximum Gasteiger partial charge on any atom is 0.222 e. The smallest absolute Gasteiger partial charge is 0.222 e. The first-order valence-electron chi connectivity index (χ1n) is 10.3. The summed E-state index contributed by atoms with van der Waals surface area (Å²) in [6.45, 7) is 6.80. The summed E-state index contributed by atoms with van der Waals surface area (Å²) in [6, 6.07) is 8.50. The van der Waals surface area contributed by atoms with Gasteiger partial charge in [-0.2, -0.15) is 0 Å². The Balaban J connectivity index is 1.38. The van der Waals surface area contributed by atoms with E-state index < -0.39 is 0 Å². The molecule has 0 aromatic heterocycles. The van der Waals surface area contributed by atoms with Crippen LogP contribution >= 0.6 is 0 Å². The number of rotatable bonds is 7. The predicted molar refractivity (Wildman–Crippen MR) is 110 cm³/mol. The number of benzene rings is 1. The molecular formula is C21H33N5O. The molecule has 27 heavy (non-hydrogen) atoms. The number of hydrogen-bond donors (Lipinski definition) is 2. The van der Waals surface area contributed by atoms with Gasteiger partial charge in [-0.15, -0.1) is 0 Å². The molecule has 2 fully saturated rings. The topological polar surface area (TPSA) is 60.0 Å². The third-order valence-corrected chi connectivity index (χ3v) is 5.42. The van der Waals surface area contributed by atoms with Crippen molar-refractivity contribution in [2.75, 3.05) is 39.8 Å². The fourth-order valence-corrected chi connectivity index (χ4v) is 3.78. The zero-order chi connectivity index (χ0) is 18.9. The summed E-state index contributed by atoms with van der Waals surface area (Å²) in [5.74, 6) is 1.12. The van der Waals surface area contributed by atoms with E-state index in [4.69, 9.17) is 0 Å². The Kier molecular flexibility index (Phi) is 7.51. The molecule has 0 unspecified atom stereocenters. The molecule has 2 heterocycles. The van der Waals surface area contributed by atoms with Gasteiger partial charge in [-0.25, -0.2) is 0 Å². The van der Waals surface area contributed by atoms with E-state index in [2.05, 4.69) is 44.8 Å². The lowest BCUT2D eigenvalue weighted by Crippen LogP contribution is -2.42. The molecule has 2 aliphatic rings. The minimum Gasteiger partial charge on any atom is -0.355 e. The Bertz CT molecular complexity index is 622. The lowest BCUT2D eigenvalue weighted by Gasteiger charge is -2.26. The number of carbonyl (C=O) groups is 1. The second kappa shape index (κ2) is 10.3. The fraction of sp³-hybridized carbons (Fsp3) is 0.619. The SMILES string of the molecule is CN=C(NCCN1CCCCC1)NCc1ccc(CN2CCCC2=O)cc1. The highest BCUT2D eigenvalue weighted by Gasteiger charge is 2.19. The molecule has 1 aromatic carbocycles. The van der Waals surface area contributed by atoms with E-state index in [9.17, 15) is 4.79 Å². The molecule has 6 nitrogen and oxygen atoms in total. The van der Waals surface area contributed by atoms with E-state index in [1.807, 2.05) is 11.9 Å². The largest absolute Gasteiger partial charge is 0.355 e. The highest BCUT2D eigenvalue weighted by atomic mass is 16.2. The molecule has 0 saturated carbocycles. The number of guanidine groups is 1. The molecule has 6 heteroatoms. The number of likely N-dealkylation sites (tertiary alicyclic amines) is 2. The van der Waals surface area contributed by atoms with Crippen LogP contribution in [-0.2, 0) is 17.9 Å². The van der Waals surface area contributed by atoms with Gasteiger partial charge in [0.25, 0.3) is 0 Å². The predicted octanol–water partition coefficient (Wildman–Crippen LogP) is 1.96. The van der Waals surface area contributed by atoms with Crippen LogP contribution in [0.1, 0.15) is 43.2 Å². The van der Waals surface area contributed by atoms with Crippen molar-refractivity contribution in [3.63, 3.8) is 0 Å². The first-order chi connectivity index (χ1) is 13.2. The quantitative estimate of drug-likeness (QED) is 0.568. The van der Waals surface area contributed by atoms with E-state index in [0.29, 0.717) is 6.42 Å². The van der Waals surface area contributed by atoms with E-state index in [1.54, 1.807) is 0 Å². The Morgan fingerprint density at radius 1 is 1.00 bits per heavy atom. The average Bonchev–Trinajstić information content (AvgIpc) is 3.11. The minimum absolute atomic E-state index is 0.278. The first-order valence-corrected chi connectivity index (χ1v) is 10.3. The molecule has 2 N–H and O–H groups in total. The fourth-order valence-electron chi connectivity index (χ4n) is 3.78. The molecular weight excluding hydrogens is 338 g/mol. The maximum atomic E-state index is 11.7. The molecule has 3 rings (SSSR count). The van der Waals surface area contributed by atoms with Gasteiger partial charge in [-0.1, -0.05) is 30.7 Å². The van der Waals surface area contributed by atoms with Gasteiger partial charge in [0, 0.05) is 46.2 Å². The Morgan fingerprint density at radius 2 is 1.74 bits per heavy atom. The van der Waals surface area contributed by atoms with Crippen LogP contribution < -0.4 is 10.6 Å². The molecule has 0 atom stereocenters. The van der Waals surface area contributed by atoms with Crippen molar-refractivity contribution < 1.29 is 4.79 Å². The molecule has 1 amide bonds. The van der Waals surface area contributed by atoms with Crippen LogP contribution in [0.3, 0.4) is 0 Å². The minimum atomic E-state index is 0.278. The highest BCUT2D eigenvalue weighted by molar-refractivity contribution is 5.79. The van der Waals surface area contributed by atoms with Gasteiger partial charge in [0.15, 0.2) is 5.96 Å². The Labute approximate surface area is 163 Å². The van der Waals surface area contributed by atoms with E-state index in [-0.39, 0.29) is 5.91 Å². The van der Waals surface area contributed by atoms with E-state index >= 15 is 0 Å². The van der Waals surface area contributed by atoms with Gasteiger partial charge in [0.2, 0.25) is 5.91 Å². The van der Waals surface area contributed by atoms with Crippen LogP contribution in [0.5, 0.6) is 0 Å². The van der Waals surface area contributed by atoms with Crippen molar-refractivity contribution in [2.24, 2.45) is 4.99 Å². The number of hydrogen-bond acceptors (Lipinski definition) is 3. The number of aliphatic imine (C=N–C) groups is 1. The van der Waals surface area contributed by atoms with Crippen LogP contribution in [0.25, 0.3) is 0 Å². The molecule has 0 spiro atoms. The van der Waals surface area contributed by atoms with Crippen molar-refractivity contribution in [2.45, 2.75) is 45.2 Å². The second-order valence-corrected chi connectivity index (χ2v) is 7.49. The van der Waals surface area contributed by atoms with Gasteiger partial charge in [-0.3, -0.25) is 9.79 Å². The zero-order valence-electron chi connectivity index (χ0n) is 16.5. The molecule has 0 aliphatic carbocycles. The van der Waals surface area contributed by atoms with Crippen molar-refractivity contribution in [1.82, 2.24) is 20.4 Å². The molecule has 0 radical (unpaired) electrons. The van der Waals surface area contributed by atoms with Crippen LogP contribution in [0.4, 0.5) is 0 Å². The molecule has 1 aromatic rings. The molecule has 148 valence electrons. The maximum absolute atomic E-state index is 11.7. The summed E-state index contributed by atoms with van der Waals surface area (Å²) in [7, 11) is 1.81. The van der Waals surface area contributed by atoms with Gasteiger partial charge in [-0.05, 0) is 43.5 Å². The normalized spacial score (nSPS) is 18.8. The average molecular weight is 372 g/mol. The summed E-state index contributed by atoms with van der Waals surface area (Å²) >= 11 is 0. The van der Waals surface area contributed by atoms with Crippen molar-refractivity contribution in [3.05, 3.63) is 35.4 Å². The molecule has 2 saturated heterocycles. The zero-order valence-corrected chi connectivity index (χ0v) is 16.5. The summed E-state index contributed by atoms with van der Waals surface area (Å²) in [5.41, 5.74) is 2.41. The number of nitrogens with zero attached hydrogens (tertiary/aromatic N) is 3. The Morgan fingerprint density at radius 3 is 2.41 bits per heavy atom. The van der Waals surface area contributed by atoms with E-state index in [1.165, 1.54) is 43.5 Å². The first kappa shape index (κ1) is 19.7. The second-order valence-electron chi connectivity index (χ2n) is 7.49. The van der Waals surface area contributed by atoms with E-state index in [0.717, 1.165) is 45.1 Å². The summed E-state index contributed by atoms with van der Waals surface area (Å²) in [6.07, 6.45) is 5.72. The third-order valence-electron chi connectivity index (χ3n) is 5.42. The highest BCUT2D eigenvalue weighted by Crippen LogP contribution is 2.14. The molecule has 2 aliphatic heterocycles. The van der Waals surface area contributed by atoms with Crippen LogP contribution in [0.15, 0.2) is 29.3 Å².